The van der Waals surface area contributed by atoms with Gasteiger partial charge in [-0.25, -0.2) is 4.98 Å². The molecule has 2 aromatic heterocycles. The lowest BCUT2D eigenvalue weighted by atomic mass is 9.89. The van der Waals surface area contributed by atoms with E-state index in [-0.39, 0.29) is 11.6 Å². The average molecular weight is 380 g/mol. The van der Waals surface area contributed by atoms with Gasteiger partial charge in [-0.2, -0.15) is 0 Å². The standard InChI is InChI=1S/C22H25N3OS/c1-13-9-10-16-18(12-13)27-22-19(16)21(26)23-20(24-22)14(2)25-11-5-7-15-6-3-4-8-17(15)25/h3-4,6,8,13-14H,5,7,9-12H2,1-2H3,(H,23,24,26)/t13-,14-/m0/s1. The lowest BCUT2D eigenvalue weighted by Crippen LogP contribution is -2.33. The second-order valence-corrected chi connectivity index (χ2v) is 9.17. The summed E-state index contributed by atoms with van der Waals surface area (Å²) in [6, 6.07) is 8.66. The second-order valence-electron chi connectivity index (χ2n) is 8.08. The topological polar surface area (TPSA) is 49.0 Å². The number of benzene rings is 1. The van der Waals surface area contributed by atoms with Crippen molar-refractivity contribution in [3.05, 3.63) is 56.4 Å². The summed E-state index contributed by atoms with van der Waals surface area (Å²) in [5.74, 6) is 1.49. The van der Waals surface area contributed by atoms with E-state index in [1.807, 2.05) is 0 Å². The van der Waals surface area contributed by atoms with Crippen molar-refractivity contribution in [3.8, 4) is 0 Å². The minimum Gasteiger partial charge on any atom is -0.361 e. The fraction of sp³-hybridized carbons (Fsp3) is 0.455. The Hall–Kier alpha value is -2.14. The Balaban J connectivity index is 1.57. The van der Waals surface area contributed by atoms with Gasteiger partial charge in [0.2, 0.25) is 0 Å². The molecule has 0 saturated carbocycles. The zero-order valence-electron chi connectivity index (χ0n) is 15.9. The number of fused-ring (bicyclic) bond motifs is 4. The van der Waals surface area contributed by atoms with E-state index in [0.29, 0.717) is 5.92 Å². The molecule has 3 aromatic rings. The predicted octanol–water partition coefficient (Wildman–Crippen LogP) is 4.62. The molecule has 2 aliphatic rings. The summed E-state index contributed by atoms with van der Waals surface area (Å²) in [5.41, 5.74) is 3.96. The van der Waals surface area contributed by atoms with Gasteiger partial charge in [-0.3, -0.25) is 4.79 Å². The number of aromatic amines is 1. The molecule has 2 atom stereocenters. The van der Waals surface area contributed by atoms with Gasteiger partial charge in [0.1, 0.15) is 10.7 Å². The molecule has 1 N–H and O–H groups in total. The average Bonchev–Trinajstić information content (AvgIpc) is 3.04. The van der Waals surface area contributed by atoms with Gasteiger partial charge in [-0.05, 0) is 62.1 Å². The largest absolute Gasteiger partial charge is 0.361 e. The number of nitrogens with zero attached hydrogens (tertiary/aromatic N) is 2. The van der Waals surface area contributed by atoms with Crippen LogP contribution in [0.2, 0.25) is 0 Å². The normalized spacial score (nSPS) is 20.4. The molecule has 27 heavy (non-hydrogen) atoms. The first-order valence-corrected chi connectivity index (χ1v) is 10.8. The molecular formula is C22H25N3OS. The van der Waals surface area contributed by atoms with E-state index in [2.05, 4.69) is 48.0 Å². The Morgan fingerprint density at radius 3 is 3.04 bits per heavy atom. The fourth-order valence-corrected chi connectivity index (χ4v) is 6.07. The van der Waals surface area contributed by atoms with Crippen LogP contribution in [0, 0.1) is 5.92 Å². The fourth-order valence-electron chi connectivity index (χ4n) is 4.68. The third-order valence-electron chi connectivity index (χ3n) is 6.19. The highest BCUT2D eigenvalue weighted by Crippen LogP contribution is 2.37. The molecule has 0 fully saturated rings. The molecule has 0 amide bonds. The van der Waals surface area contributed by atoms with Crippen LogP contribution in [0.15, 0.2) is 29.1 Å². The van der Waals surface area contributed by atoms with E-state index in [9.17, 15) is 4.79 Å². The molecular weight excluding hydrogens is 354 g/mol. The quantitative estimate of drug-likeness (QED) is 0.707. The van der Waals surface area contributed by atoms with Gasteiger partial charge in [0.05, 0.1) is 11.4 Å². The van der Waals surface area contributed by atoms with Crippen molar-refractivity contribution in [2.45, 2.75) is 52.0 Å². The van der Waals surface area contributed by atoms with E-state index in [1.54, 1.807) is 11.3 Å². The maximum Gasteiger partial charge on any atom is 0.259 e. The van der Waals surface area contributed by atoms with Crippen LogP contribution in [0.25, 0.3) is 10.2 Å². The number of hydrogen-bond donors (Lipinski definition) is 1. The van der Waals surface area contributed by atoms with Gasteiger partial charge in [-0.1, -0.05) is 25.1 Å². The van der Waals surface area contributed by atoms with Crippen LogP contribution in [-0.4, -0.2) is 16.5 Å². The molecule has 140 valence electrons. The first kappa shape index (κ1) is 17.0. The van der Waals surface area contributed by atoms with Gasteiger partial charge in [-0.15, -0.1) is 11.3 Å². The highest BCUT2D eigenvalue weighted by atomic mass is 32.1. The number of aryl methyl sites for hydroxylation is 2. The number of para-hydroxylation sites is 1. The summed E-state index contributed by atoms with van der Waals surface area (Å²) in [5, 5.41) is 0.844. The molecule has 5 heteroatoms. The number of thiophene rings is 1. The molecule has 0 unspecified atom stereocenters. The van der Waals surface area contributed by atoms with Crippen molar-refractivity contribution in [1.82, 2.24) is 9.97 Å². The van der Waals surface area contributed by atoms with Crippen molar-refractivity contribution in [2.24, 2.45) is 5.92 Å². The number of nitrogens with one attached hydrogen (secondary N) is 1. The molecule has 4 nitrogen and oxygen atoms in total. The first-order chi connectivity index (χ1) is 13.1. The van der Waals surface area contributed by atoms with Crippen molar-refractivity contribution in [1.29, 1.82) is 0 Å². The summed E-state index contributed by atoms with van der Waals surface area (Å²) in [4.78, 5) is 25.7. The summed E-state index contributed by atoms with van der Waals surface area (Å²) < 4.78 is 0. The monoisotopic (exact) mass is 379 g/mol. The van der Waals surface area contributed by atoms with E-state index in [0.717, 1.165) is 48.3 Å². The highest BCUT2D eigenvalue weighted by Gasteiger charge is 2.27. The third kappa shape index (κ3) is 2.80. The molecule has 5 rings (SSSR count). The Bertz CT molecular complexity index is 1070. The zero-order chi connectivity index (χ0) is 18.5. The van der Waals surface area contributed by atoms with Crippen LogP contribution in [0.5, 0.6) is 0 Å². The molecule has 0 radical (unpaired) electrons. The van der Waals surface area contributed by atoms with E-state index < -0.39 is 0 Å². The lowest BCUT2D eigenvalue weighted by molar-refractivity contribution is 0.509. The molecule has 1 aliphatic carbocycles. The summed E-state index contributed by atoms with van der Waals surface area (Å²) in [6.07, 6.45) is 5.52. The Kier molecular flexibility index (Phi) is 4.08. The maximum absolute atomic E-state index is 12.9. The second kappa shape index (κ2) is 6.48. The van der Waals surface area contributed by atoms with Gasteiger partial charge in [0.15, 0.2) is 0 Å². The molecule has 0 spiro atoms. The number of aromatic nitrogens is 2. The van der Waals surface area contributed by atoms with Crippen molar-refractivity contribution >= 4 is 27.2 Å². The number of H-pyrrole nitrogens is 1. The number of hydrogen-bond acceptors (Lipinski definition) is 4. The molecule has 3 heterocycles. The van der Waals surface area contributed by atoms with Gasteiger partial charge < -0.3 is 9.88 Å². The Morgan fingerprint density at radius 1 is 1.30 bits per heavy atom. The van der Waals surface area contributed by atoms with E-state index >= 15 is 0 Å². The highest BCUT2D eigenvalue weighted by molar-refractivity contribution is 7.18. The van der Waals surface area contributed by atoms with Gasteiger partial charge >= 0.3 is 0 Å². The van der Waals surface area contributed by atoms with Gasteiger partial charge in [0, 0.05) is 17.1 Å². The first-order valence-electron chi connectivity index (χ1n) is 10.0. The molecule has 1 aromatic carbocycles. The molecule has 1 aliphatic heterocycles. The Labute approximate surface area is 163 Å². The number of anilines is 1. The lowest BCUT2D eigenvalue weighted by Gasteiger charge is -2.35. The summed E-state index contributed by atoms with van der Waals surface area (Å²) in [7, 11) is 0. The van der Waals surface area contributed by atoms with Crippen LogP contribution < -0.4 is 10.5 Å². The minimum absolute atomic E-state index is 0.0409. The van der Waals surface area contributed by atoms with Crippen molar-refractivity contribution < 1.29 is 0 Å². The molecule has 0 bridgehead atoms. The maximum atomic E-state index is 12.9. The SMILES string of the molecule is C[C@H]1CCc2c(sc3nc([C@H](C)N4CCCc5ccccc54)[nH]c(=O)c23)C1. The van der Waals surface area contributed by atoms with Crippen LogP contribution in [0.1, 0.15) is 54.6 Å². The zero-order valence-corrected chi connectivity index (χ0v) is 16.7. The van der Waals surface area contributed by atoms with Crippen LogP contribution in [0.3, 0.4) is 0 Å². The van der Waals surface area contributed by atoms with E-state index in [4.69, 9.17) is 4.98 Å². The third-order valence-corrected chi connectivity index (χ3v) is 7.34. The predicted molar refractivity (Wildman–Crippen MR) is 112 cm³/mol. The number of rotatable bonds is 2. The van der Waals surface area contributed by atoms with Gasteiger partial charge in [0.25, 0.3) is 5.56 Å². The summed E-state index contributed by atoms with van der Waals surface area (Å²) >= 11 is 1.73. The van der Waals surface area contributed by atoms with Crippen LogP contribution in [0.4, 0.5) is 5.69 Å². The van der Waals surface area contributed by atoms with Crippen molar-refractivity contribution in [3.63, 3.8) is 0 Å². The van der Waals surface area contributed by atoms with E-state index in [1.165, 1.54) is 28.1 Å². The molecule has 0 saturated heterocycles. The van der Waals surface area contributed by atoms with Crippen LogP contribution in [-0.2, 0) is 19.3 Å². The summed E-state index contributed by atoms with van der Waals surface area (Å²) in [6.45, 7) is 5.45. The smallest absolute Gasteiger partial charge is 0.259 e. The van der Waals surface area contributed by atoms with Crippen molar-refractivity contribution in [2.75, 3.05) is 11.4 Å². The Morgan fingerprint density at radius 2 is 2.15 bits per heavy atom. The minimum atomic E-state index is 0.0409. The van der Waals surface area contributed by atoms with Crippen LogP contribution >= 0.6 is 11.3 Å².